The Kier molecular flexibility index (Phi) is 4.90. The number of anilines is 1. The van der Waals surface area contributed by atoms with E-state index in [4.69, 9.17) is 4.74 Å². The van der Waals surface area contributed by atoms with Crippen LogP contribution in [0.4, 0.5) is 5.13 Å². The van der Waals surface area contributed by atoms with Gasteiger partial charge in [-0.25, -0.2) is 9.97 Å². The number of carbonyl (C=O) groups is 1. The molecule has 1 N–H and O–H groups in total. The molecule has 1 amide bonds. The molecule has 2 heterocycles. The molecule has 5 aromatic rings. The number of ether oxygens (including phenoxy) is 1. The SMILES string of the molecule is Cc1ccc(OCc2nc(C(=O)Nc3nc4c(ccc5ccccc54)s3)cs2)cc1. The summed E-state index contributed by atoms with van der Waals surface area (Å²) in [7, 11) is 0. The first-order valence-electron chi connectivity index (χ1n) is 9.39. The molecule has 0 aliphatic heterocycles. The first-order valence-corrected chi connectivity index (χ1v) is 11.1. The third-order valence-electron chi connectivity index (χ3n) is 4.67. The molecule has 3 aromatic carbocycles. The number of nitrogens with one attached hydrogen (secondary N) is 1. The van der Waals surface area contributed by atoms with Crippen LogP contribution in [-0.4, -0.2) is 15.9 Å². The fraction of sp³-hybridized carbons (Fsp3) is 0.0870. The van der Waals surface area contributed by atoms with E-state index in [2.05, 4.69) is 27.4 Å². The normalized spacial score (nSPS) is 11.1. The van der Waals surface area contributed by atoms with Gasteiger partial charge in [-0.3, -0.25) is 10.1 Å². The summed E-state index contributed by atoms with van der Waals surface area (Å²) in [5, 5.41) is 8.14. The van der Waals surface area contributed by atoms with Crippen molar-refractivity contribution in [2.75, 3.05) is 5.32 Å². The highest BCUT2D eigenvalue weighted by Gasteiger charge is 2.15. The molecule has 0 unspecified atom stereocenters. The number of rotatable bonds is 5. The maximum atomic E-state index is 12.6. The van der Waals surface area contributed by atoms with Crippen molar-refractivity contribution >= 4 is 54.7 Å². The van der Waals surface area contributed by atoms with E-state index >= 15 is 0 Å². The highest BCUT2D eigenvalue weighted by Crippen LogP contribution is 2.32. The largest absolute Gasteiger partial charge is 0.486 e. The van der Waals surface area contributed by atoms with Crippen LogP contribution in [0.5, 0.6) is 5.75 Å². The first kappa shape index (κ1) is 18.7. The molecule has 0 fully saturated rings. The molecule has 0 radical (unpaired) electrons. The zero-order chi connectivity index (χ0) is 20.5. The van der Waals surface area contributed by atoms with Crippen LogP contribution in [0, 0.1) is 6.92 Å². The van der Waals surface area contributed by atoms with Crippen molar-refractivity contribution in [2.45, 2.75) is 13.5 Å². The Morgan fingerprint density at radius 3 is 2.73 bits per heavy atom. The van der Waals surface area contributed by atoms with Gasteiger partial charge >= 0.3 is 0 Å². The summed E-state index contributed by atoms with van der Waals surface area (Å²) in [6.45, 7) is 2.36. The number of carbonyl (C=O) groups excluding carboxylic acids is 1. The topological polar surface area (TPSA) is 64.1 Å². The van der Waals surface area contributed by atoms with E-state index in [0.717, 1.165) is 31.7 Å². The highest BCUT2D eigenvalue weighted by molar-refractivity contribution is 7.22. The molecule has 148 valence electrons. The van der Waals surface area contributed by atoms with Gasteiger partial charge in [-0.15, -0.1) is 11.3 Å². The van der Waals surface area contributed by atoms with Gasteiger partial charge in [0.15, 0.2) is 5.13 Å². The average molecular weight is 432 g/mol. The lowest BCUT2D eigenvalue weighted by atomic mass is 10.1. The summed E-state index contributed by atoms with van der Waals surface area (Å²) >= 11 is 2.86. The Balaban J connectivity index is 1.29. The molecular formula is C23H17N3O2S2. The lowest BCUT2D eigenvalue weighted by Gasteiger charge is -2.03. The fourth-order valence-corrected chi connectivity index (χ4v) is 4.70. The lowest BCUT2D eigenvalue weighted by molar-refractivity contribution is 0.102. The van der Waals surface area contributed by atoms with Gasteiger partial charge in [-0.05, 0) is 30.5 Å². The van der Waals surface area contributed by atoms with Crippen LogP contribution in [0.1, 0.15) is 21.1 Å². The minimum atomic E-state index is -0.267. The van der Waals surface area contributed by atoms with Crippen LogP contribution in [0.25, 0.3) is 21.0 Å². The molecule has 0 atom stereocenters. The number of amides is 1. The van der Waals surface area contributed by atoms with Crippen LogP contribution in [0.3, 0.4) is 0 Å². The summed E-state index contributed by atoms with van der Waals surface area (Å²) in [6, 6.07) is 20.1. The van der Waals surface area contributed by atoms with E-state index in [-0.39, 0.29) is 5.91 Å². The molecule has 2 aromatic heterocycles. The first-order chi connectivity index (χ1) is 14.7. The van der Waals surface area contributed by atoms with Gasteiger partial charge in [0.1, 0.15) is 23.1 Å². The average Bonchev–Trinajstić information content (AvgIpc) is 3.40. The summed E-state index contributed by atoms with van der Waals surface area (Å²) in [4.78, 5) is 21.7. The predicted octanol–water partition coefficient (Wildman–Crippen LogP) is 6.05. The van der Waals surface area contributed by atoms with E-state index in [1.165, 1.54) is 28.2 Å². The molecule has 5 nitrogen and oxygen atoms in total. The van der Waals surface area contributed by atoms with Crippen molar-refractivity contribution in [1.29, 1.82) is 0 Å². The van der Waals surface area contributed by atoms with Crippen molar-refractivity contribution in [3.8, 4) is 5.75 Å². The van der Waals surface area contributed by atoms with Crippen LogP contribution < -0.4 is 10.1 Å². The van der Waals surface area contributed by atoms with Crippen LogP contribution in [0.15, 0.2) is 66.0 Å². The molecule has 30 heavy (non-hydrogen) atoms. The highest BCUT2D eigenvalue weighted by atomic mass is 32.1. The zero-order valence-electron chi connectivity index (χ0n) is 16.1. The monoisotopic (exact) mass is 431 g/mol. The van der Waals surface area contributed by atoms with E-state index in [0.29, 0.717) is 17.4 Å². The van der Waals surface area contributed by atoms with Gasteiger partial charge in [0.2, 0.25) is 0 Å². The van der Waals surface area contributed by atoms with Gasteiger partial charge in [-0.2, -0.15) is 0 Å². The Hall–Kier alpha value is -3.29. The minimum Gasteiger partial charge on any atom is -0.486 e. The van der Waals surface area contributed by atoms with Crippen molar-refractivity contribution in [3.63, 3.8) is 0 Å². The number of hydrogen-bond donors (Lipinski definition) is 1. The molecule has 0 aliphatic carbocycles. The maximum absolute atomic E-state index is 12.6. The third kappa shape index (κ3) is 3.77. The fourth-order valence-electron chi connectivity index (χ4n) is 3.14. The molecular weight excluding hydrogens is 414 g/mol. The van der Waals surface area contributed by atoms with E-state index < -0.39 is 0 Å². The minimum absolute atomic E-state index is 0.267. The lowest BCUT2D eigenvalue weighted by Crippen LogP contribution is -2.12. The van der Waals surface area contributed by atoms with E-state index in [9.17, 15) is 4.79 Å². The number of hydrogen-bond acceptors (Lipinski definition) is 6. The van der Waals surface area contributed by atoms with E-state index in [1.54, 1.807) is 5.38 Å². The number of fused-ring (bicyclic) bond motifs is 3. The predicted molar refractivity (Wildman–Crippen MR) is 123 cm³/mol. The van der Waals surface area contributed by atoms with Crippen molar-refractivity contribution in [3.05, 3.63) is 82.3 Å². The second-order valence-electron chi connectivity index (χ2n) is 6.83. The summed E-state index contributed by atoms with van der Waals surface area (Å²) in [6.07, 6.45) is 0. The van der Waals surface area contributed by atoms with Gasteiger partial charge in [-0.1, -0.05) is 59.4 Å². The van der Waals surface area contributed by atoms with Gasteiger partial charge < -0.3 is 4.74 Å². The maximum Gasteiger partial charge on any atom is 0.276 e. The summed E-state index contributed by atoms with van der Waals surface area (Å²) in [5.41, 5.74) is 2.45. The Labute approximate surface area is 181 Å². The molecule has 0 saturated carbocycles. The second kappa shape index (κ2) is 7.85. The van der Waals surface area contributed by atoms with Crippen LogP contribution in [-0.2, 0) is 6.61 Å². The smallest absolute Gasteiger partial charge is 0.276 e. The summed E-state index contributed by atoms with van der Waals surface area (Å²) in [5.74, 6) is 0.514. The van der Waals surface area contributed by atoms with Gasteiger partial charge in [0.05, 0.1) is 10.2 Å². The standard InChI is InChI=1S/C23H17N3O2S2/c1-14-6-9-16(10-7-14)28-12-20-24-18(13-29-20)22(27)26-23-25-21-17-5-3-2-4-15(17)8-11-19(21)30-23/h2-11,13H,12H2,1H3,(H,25,26,27). The quantitative estimate of drug-likeness (QED) is 0.368. The number of aromatic nitrogens is 2. The Morgan fingerprint density at radius 1 is 1.03 bits per heavy atom. The molecule has 0 spiro atoms. The molecule has 0 saturated heterocycles. The number of benzene rings is 3. The number of nitrogens with zero attached hydrogens (tertiary/aromatic N) is 2. The molecule has 5 rings (SSSR count). The molecule has 0 aliphatic rings. The van der Waals surface area contributed by atoms with Gasteiger partial charge in [0.25, 0.3) is 5.91 Å². The van der Waals surface area contributed by atoms with Crippen molar-refractivity contribution in [2.24, 2.45) is 0 Å². The zero-order valence-corrected chi connectivity index (χ0v) is 17.7. The van der Waals surface area contributed by atoms with E-state index in [1.807, 2.05) is 55.5 Å². The van der Waals surface area contributed by atoms with Gasteiger partial charge in [0, 0.05) is 10.8 Å². The van der Waals surface area contributed by atoms with Crippen LogP contribution >= 0.6 is 22.7 Å². The Morgan fingerprint density at radius 2 is 1.87 bits per heavy atom. The third-order valence-corrected chi connectivity index (χ3v) is 6.43. The van der Waals surface area contributed by atoms with Crippen LogP contribution in [0.2, 0.25) is 0 Å². The summed E-state index contributed by atoms with van der Waals surface area (Å²) < 4.78 is 6.78. The molecule has 0 bridgehead atoms. The van der Waals surface area contributed by atoms with Crippen molar-refractivity contribution in [1.82, 2.24) is 9.97 Å². The Bertz CT molecular complexity index is 1360. The number of aryl methyl sites for hydroxylation is 1. The molecule has 7 heteroatoms. The number of thiazole rings is 2. The second-order valence-corrected chi connectivity index (χ2v) is 8.81. The van der Waals surface area contributed by atoms with Crippen molar-refractivity contribution < 1.29 is 9.53 Å².